The van der Waals surface area contributed by atoms with E-state index in [1.807, 2.05) is 7.05 Å². The molecule has 3 atom stereocenters. The highest BCUT2D eigenvalue weighted by Crippen LogP contribution is 2.32. The number of ether oxygens (including phenoxy) is 1. The molecule has 0 amide bonds. The molecule has 0 bridgehead atoms. The molecule has 1 N–H and O–H groups in total. The maximum Gasteiger partial charge on any atom is 0.124 e. The Hall–Kier alpha value is -1.02. The van der Waals surface area contributed by atoms with E-state index in [4.69, 9.17) is 4.74 Å². The third kappa shape index (κ3) is 3.73. The van der Waals surface area contributed by atoms with Gasteiger partial charge in [-0.3, -0.25) is 0 Å². The van der Waals surface area contributed by atoms with Gasteiger partial charge in [0.2, 0.25) is 0 Å². The largest absolute Gasteiger partial charge is 0.490 e. The predicted octanol–water partition coefficient (Wildman–Crippen LogP) is 4.31. The van der Waals surface area contributed by atoms with Crippen LogP contribution in [0.5, 0.6) is 5.75 Å². The second-order valence-corrected chi connectivity index (χ2v) is 5.73. The van der Waals surface area contributed by atoms with E-state index in [2.05, 4.69) is 43.4 Å². The van der Waals surface area contributed by atoms with E-state index < -0.39 is 0 Å². The van der Waals surface area contributed by atoms with Crippen LogP contribution in [0.25, 0.3) is 0 Å². The average molecular weight is 261 g/mol. The molecule has 0 aliphatic heterocycles. The van der Waals surface area contributed by atoms with Crippen molar-refractivity contribution >= 4 is 0 Å². The molecule has 106 valence electrons. The first-order chi connectivity index (χ1) is 9.24. The number of benzene rings is 1. The number of hydrogen-bond donors (Lipinski definition) is 1. The van der Waals surface area contributed by atoms with E-state index in [1.165, 1.54) is 37.7 Å². The van der Waals surface area contributed by atoms with Crippen molar-refractivity contribution < 1.29 is 4.74 Å². The lowest BCUT2D eigenvalue weighted by atomic mass is 9.85. The minimum absolute atomic E-state index is 0.335. The second kappa shape index (κ2) is 6.95. The van der Waals surface area contributed by atoms with E-state index in [9.17, 15) is 0 Å². The fraction of sp³-hybridized carbons (Fsp3) is 0.647. The van der Waals surface area contributed by atoms with Crippen LogP contribution in [-0.2, 0) is 0 Å². The summed E-state index contributed by atoms with van der Waals surface area (Å²) in [4.78, 5) is 0. The Labute approximate surface area is 117 Å². The summed E-state index contributed by atoms with van der Waals surface area (Å²) >= 11 is 0. The van der Waals surface area contributed by atoms with Gasteiger partial charge in [-0.05, 0) is 45.2 Å². The van der Waals surface area contributed by atoms with Gasteiger partial charge in [-0.15, -0.1) is 0 Å². The lowest BCUT2D eigenvalue weighted by Crippen LogP contribution is -2.26. The van der Waals surface area contributed by atoms with Gasteiger partial charge >= 0.3 is 0 Å². The summed E-state index contributed by atoms with van der Waals surface area (Å²) in [5, 5.41) is 3.30. The van der Waals surface area contributed by atoms with Crippen LogP contribution in [0.15, 0.2) is 24.3 Å². The van der Waals surface area contributed by atoms with Crippen LogP contribution < -0.4 is 10.1 Å². The molecule has 0 heterocycles. The van der Waals surface area contributed by atoms with Crippen LogP contribution in [0.2, 0.25) is 0 Å². The van der Waals surface area contributed by atoms with E-state index >= 15 is 0 Å². The van der Waals surface area contributed by atoms with Crippen molar-refractivity contribution in [1.82, 2.24) is 5.32 Å². The smallest absolute Gasteiger partial charge is 0.124 e. The van der Waals surface area contributed by atoms with Gasteiger partial charge in [-0.1, -0.05) is 38.0 Å². The predicted molar refractivity (Wildman–Crippen MR) is 80.6 cm³/mol. The first-order valence-corrected chi connectivity index (χ1v) is 7.67. The zero-order valence-corrected chi connectivity index (χ0v) is 12.5. The lowest BCUT2D eigenvalue weighted by Gasteiger charge is -2.30. The SMILES string of the molecule is CCC1CCCC(Oc2ccccc2C(C)NC)C1. The van der Waals surface area contributed by atoms with Gasteiger partial charge in [0.25, 0.3) is 0 Å². The second-order valence-electron chi connectivity index (χ2n) is 5.73. The van der Waals surface area contributed by atoms with Crippen molar-refractivity contribution in [2.75, 3.05) is 7.05 Å². The summed E-state index contributed by atoms with van der Waals surface area (Å²) in [5.41, 5.74) is 1.27. The molecule has 0 radical (unpaired) electrons. The van der Waals surface area contributed by atoms with Crippen LogP contribution in [0.4, 0.5) is 0 Å². The van der Waals surface area contributed by atoms with Gasteiger partial charge in [0.15, 0.2) is 0 Å². The maximum absolute atomic E-state index is 6.30. The monoisotopic (exact) mass is 261 g/mol. The zero-order valence-electron chi connectivity index (χ0n) is 12.5. The molecule has 1 aromatic carbocycles. The third-order valence-electron chi connectivity index (χ3n) is 4.42. The highest BCUT2D eigenvalue weighted by atomic mass is 16.5. The molecule has 0 spiro atoms. The van der Waals surface area contributed by atoms with Crippen molar-refractivity contribution in [1.29, 1.82) is 0 Å². The minimum Gasteiger partial charge on any atom is -0.490 e. The van der Waals surface area contributed by atoms with Crippen molar-refractivity contribution in [2.24, 2.45) is 5.92 Å². The first kappa shape index (κ1) is 14.4. The summed E-state index contributed by atoms with van der Waals surface area (Å²) < 4.78 is 6.30. The summed E-state index contributed by atoms with van der Waals surface area (Å²) in [7, 11) is 2.00. The van der Waals surface area contributed by atoms with Gasteiger partial charge in [-0.25, -0.2) is 0 Å². The molecule has 1 aliphatic carbocycles. The Morgan fingerprint density at radius 2 is 2.11 bits per heavy atom. The first-order valence-electron chi connectivity index (χ1n) is 7.67. The number of para-hydroxylation sites is 1. The van der Waals surface area contributed by atoms with Gasteiger partial charge in [0, 0.05) is 11.6 Å². The van der Waals surface area contributed by atoms with Crippen molar-refractivity contribution in [3.05, 3.63) is 29.8 Å². The van der Waals surface area contributed by atoms with Crippen molar-refractivity contribution in [3.63, 3.8) is 0 Å². The summed E-state index contributed by atoms with van der Waals surface area (Å²) in [6, 6.07) is 8.77. The Bertz CT molecular complexity index is 391. The quantitative estimate of drug-likeness (QED) is 0.852. The average Bonchev–Trinajstić information content (AvgIpc) is 2.47. The topological polar surface area (TPSA) is 21.3 Å². The Kier molecular flexibility index (Phi) is 5.26. The molecule has 1 saturated carbocycles. The van der Waals surface area contributed by atoms with Crippen molar-refractivity contribution in [3.8, 4) is 5.75 Å². The third-order valence-corrected chi connectivity index (χ3v) is 4.42. The van der Waals surface area contributed by atoms with E-state index in [0.29, 0.717) is 12.1 Å². The Morgan fingerprint density at radius 3 is 2.84 bits per heavy atom. The van der Waals surface area contributed by atoms with Crippen LogP contribution in [-0.4, -0.2) is 13.2 Å². The highest BCUT2D eigenvalue weighted by molar-refractivity contribution is 5.35. The maximum atomic E-state index is 6.30. The molecule has 1 fully saturated rings. The van der Waals surface area contributed by atoms with E-state index in [-0.39, 0.29) is 0 Å². The number of nitrogens with one attached hydrogen (secondary N) is 1. The fourth-order valence-corrected chi connectivity index (χ4v) is 3.00. The minimum atomic E-state index is 0.335. The Balaban J connectivity index is 2.06. The molecule has 19 heavy (non-hydrogen) atoms. The molecule has 1 aromatic rings. The van der Waals surface area contributed by atoms with Crippen LogP contribution >= 0.6 is 0 Å². The standard InChI is InChI=1S/C17H27NO/c1-4-14-8-7-9-15(12-14)19-17-11-6-5-10-16(17)13(2)18-3/h5-6,10-11,13-15,18H,4,7-9,12H2,1-3H3. The summed E-state index contributed by atoms with van der Waals surface area (Å²) in [6.45, 7) is 4.47. The molecule has 0 saturated heterocycles. The number of rotatable bonds is 5. The normalized spacial score (nSPS) is 25.0. The van der Waals surface area contributed by atoms with Crippen LogP contribution in [0.3, 0.4) is 0 Å². The molecule has 1 aliphatic rings. The van der Waals surface area contributed by atoms with E-state index in [0.717, 1.165) is 11.7 Å². The van der Waals surface area contributed by atoms with Crippen LogP contribution in [0.1, 0.15) is 57.6 Å². The van der Waals surface area contributed by atoms with Gasteiger partial charge in [0.1, 0.15) is 5.75 Å². The van der Waals surface area contributed by atoms with Gasteiger partial charge in [-0.2, -0.15) is 0 Å². The Morgan fingerprint density at radius 1 is 1.32 bits per heavy atom. The molecule has 2 heteroatoms. The molecule has 2 nitrogen and oxygen atoms in total. The number of hydrogen-bond acceptors (Lipinski definition) is 2. The molecular weight excluding hydrogens is 234 g/mol. The van der Waals surface area contributed by atoms with E-state index in [1.54, 1.807) is 0 Å². The highest BCUT2D eigenvalue weighted by Gasteiger charge is 2.23. The summed E-state index contributed by atoms with van der Waals surface area (Å²) in [6.07, 6.45) is 6.81. The zero-order chi connectivity index (χ0) is 13.7. The van der Waals surface area contributed by atoms with Crippen LogP contribution in [0, 0.1) is 5.92 Å². The molecular formula is C17H27NO. The lowest BCUT2D eigenvalue weighted by molar-refractivity contribution is 0.120. The van der Waals surface area contributed by atoms with Crippen molar-refractivity contribution in [2.45, 2.75) is 58.1 Å². The molecule has 3 unspecified atom stereocenters. The van der Waals surface area contributed by atoms with Gasteiger partial charge in [0.05, 0.1) is 6.10 Å². The molecule has 2 rings (SSSR count). The molecule has 0 aromatic heterocycles. The van der Waals surface area contributed by atoms with Gasteiger partial charge < -0.3 is 10.1 Å². The summed E-state index contributed by atoms with van der Waals surface area (Å²) in [5.74, 6) is 1.92. The fourth-order valence-electron chi connectivity index (χ4n) is 3.00.